The zero-order valence-electron chi connectivity index (χ0n) is 11.4. The van der Waals surface area contributed by atoms with E-state index >= 15 is 0 Å². The van der Waals surface area contributed by atoms with Crippen LogP contribution < -0.4 is 4.74 Å². The molecular weight excluding hydrogens is 276 g/mol. The van der Waals surface area contributed by atoms with Gasteiger partial charge in [-0.2, -0.15) is 0 Å². The summed E-state index contributed by atoms with van der Waals surface area (Å²) in [6.07, 6.45) is 0. The SMILES string of the molecule is COc1ccc(-n2c(C)nc3nc(C)nc(Cl)c32)cc1. The third-order valence-electron chi connectivity index (χ3n) is 3.08. The predicted molar refractivity (Wildman–Crippen MR) is 77.7 cm³/mol. The van der Waals surface area contributed by atoms with Crippen LogP contribution in [0.2, 0.25) is 5.15 Å². The maximum atomic E-state index is 6.25. The number of methoxy groups -OCH3 is 1. The molecule has 2 aromatic heterocycles. The van der Waals surface area contributed by atoms with Gasteiger partial charge in [0.25, 0.3) is 0 Å². The molecule has 1 aromatic carbocycles. The molecule has 0 atom stereocenters. The molecule has 5 nitrogen and oxygen atoms in total. The molecule has 0 unspecified atom stereocenters. The van der Waals surface area contributed by atoms with E-state index in [9.17, 15) is 0 Å². The van der Waals surface area contributed by atoms with Crippen molar-refractivity contribution in [2.75, 3.05) is 7.11 Å². The van der Waals surface area contributed by atoms with Crippen molar-refractivity contribution in [1.82, 2.24) is 19.5 Å². The van der Waals surface area contributed by atoms with Crippen LogP contribution in [0.4, 0.5) is 0 Å². The van der Waals surface area contributed by atoms with E-state index < -0.39 is 0 Å². The van der Waals surface area contributed by atoms with Gasteiger partial charge in [-0.05, 0) is 38.1 Å². The summed E-state index contributed by atoms with van der Waals surface area (Å²) in [7, 11) is 1.64. The fraction of sp³-hybridized carbons (Fsp3) is 0.214. The predicted octanol–water partition coefficient (Wildman–Crippen LogP) is 3.09. The Labute approximate surface area is 121 Å². The molecule has 0 aliphatic carbocycles. The van der Waals surface area contributed by atoms with Gasteiger partial charge in [-0.3, -0.25) is 4.57 Å². The fourth-order valence-electron chi connectivity index (χ4n) is 2.20. The molecule has 102 valence electrons. The quantitative estimate of drug-likeness (QED) is 0.680. The maximum Gasteiger partial charge on any atom is 0.183 e. The van der Waals surface area contributed by atoms with E-state index in [1.54, 1.807) is 14.0 Å². The number of hydrogen-bond donors (Lipinski definition) is 0. The van der Waals surface area contributed by atoms with Gasteiger partial charge in [0, 0.05) is 5.69 Å². The van der Waals surface area contributed by atoms with Crippen molar-refractivity contribution in [2.24, 2.45) is 0 Å². The second kappa shape index (κ2) is 4.76. The van der Waals surface area contributed by atoms with Gasteiger partial charge >= 0.3 is 0 Å². The van der Waals surface area contributed by atoms with Gasteiger partial charge in [0.05, 0.1) is 7.11 Å². The number of halogens is 1. The zero-order valence-corrected chi connectivity index (χ0v) is 12.1. The van der Waals surface area contributed by atoms with Crippen molar-refractivity contribution in [2.45, 2.75) is 13.8 Å². The second-order valence-corrected chi connectivity index (χ2v) is 4.78. The first-order valence-electron chi connectivity index (χ1n) is 6.14. The molecule has 3 rings (SSSR count). The Hall–Kier alpha value is -2.14. The monoisotopic (exact) mass is 288 g/mol. The molecule has 0 aliphatic rings. The summed E-state index contributed by atoms with van der Waals surface area (Å²) >= 11 is 6.25. The molecule has 0 amide bonds. The van der Waals surface area contributed by atoms with E-state index in [4.69, 9.17) is 16.3 Å². The van der Waals surface area contributed by atoms with Crippen LogP contribution in [-0.4, -0.2) is 26.6 Å². The highest BCUT2D eigenvalue weighted by Gasteiger charge is 2.15. The molecule has 0 fully saturated rings. The molecule has 3 aromatic rings. The summed E-state index contributed by atoms with van der Waals surface area (Å²) in [4.78, 5) is 13.0. The number of rotatable bonds is 2. The number of nitrogens with zero attached hydrogens (tertiary/aromatic N) is 4. The topological polar surface area (TPSA) is 52.8 Å². The lowest BCUT2D eigenvalue weighted by molar-refractivity contribution is 0.415. The number of fused-ring (bicyclic) bond motifs is 1. The highest BCUT2D eigenvalue weighted by atomic mass is 35.5. The summed E-state index contributed by atoms with van der Waals surface area (Å²) in [5.74, 6) is 2.22. The molecule has 0 N–H and O–H groups in total. The molecule has 20 heavy (non-hydrogen) atoms. The molecule has 2 heterocycles. The van der Waals surface area contributed by atoms with Gasteiger partial charge in [0.1, 0.15) is 22.9 Å². The number of aryl methyl sites for hydroxylation is 2. The summed E-state index contributed by atoms with van der Waals surface area (Å²) < 4.78 is 7.11. The van der Waals surface area contributed by atoms with Crippen LogP contribution in [0, 0.1) is 13.8 Å². The van der Waals surface area contributed by atoms with Crippen LogP contribution in [0.15, 0.2) is 24.3 Å². The van der Waals surface area contributed by atoms with Crippen LogP contribution in [-0.2, 0) is 0 Å². The standard InChI is InChI=1S/C14H13ClN4O/c1-8-16-13(15)12-14(17-8)18-9(2)19(12)10-4-6-11(20-3)7-5-10/h4-7H,1-3H3. The van der Waals surface area contributed by atoms with Crippen LogP contribution in [0.25, 0.3) is 16.9 Å². The Morgan fingerprint density at radius 2 is 1.75 bits per heavy atom. The van der Waals surface area contributed by atoms with Crippen molar-refractivity contribution in [1.29, 1.82) is 0 Å². The highest BCUT2D eigenvalue weighted by Crippen LogP contribution is 2.26. The van der Waals surface area contributed by atoms with Crippen LogP contribution in [0.5, 0.6) is 5.75 Å². The third-order valence-corrected chi connectivity index (χ3v) is 3.34. The smallest absolute Gasteiger partial charge is 0.183 e. The number of imidazole rings is 1. The molecule has 6 heteroatoms. The number of aromatic nitrogens is 4. The molecule has 0 saturated carbocycles. The summed E-state index contributed by atoms with van der Waals surface area (Å²) in [6, 6.07) is 7.68. The fourth-order valence-corrected chi connectivity index (χ4v) is 2.49. The minimum Gasteiger partial charge on any atom is -0.497 e. The number of hydrogen-bond acceptors (Lipinski definition) is 4. The molecule has 0 spiro atoms. The van der Waals surface area contributed by atoms with Crippen molar-refractivity contribution in [3.8, 4) is 11.4 Å². The normalized spacial score (nSPS) is 11.0. The van der Waals surface area contributed by atoms with E-state index in [2.05, 4.69) is 15.0 Å². The minimum atomic E-state index is 0.406. The number of ether oxygens (including phenoxy) is 1. The van der Waals surface area contributed by atoms with Crippen molar-refractivity contribution in [3.63, 3.8) is 0 Å². The average Bonchev–Trinajstić information content (AvgIpc) is 2.75. The van der Waals surface area contributed by atoms with Crippen molar-refractivity contribution < 1.29 is 4.74 Å². The van der Waals surface area contributed by atoms with Gasteiger partial charge in [0.15, 0.2) is 10.8 Å². The number of benzene rings is 1. The Morgan fingerprint density at radius 1 is 1.05 bits per heavy atom. The lowest BCUT2D eigenvalue weighted by atomic mass is 10.3. The molecule has 0 aliphatic heterocycles. The van der Waals surface area contributed by atoms with Crippen LogP contribution in [0.1, 0.15) is 11.6 Å². The summed E-state index contributed by atoms with van der Waals surface area (Å²) in [5.41, 5.74) is 2.27. The average molecular weight is 289 g/mol. The van der Waals surface area contributed by atoms with Crippen molar-refractivity contribution >= 4 is 22.8 Å². The van der Waals surface area contributed by atoms with Crippen LogP contribution in [0.3, 0.4) is 0 Å². The molecule has 0 bridgehead atoms. The summed E-state index contributed by atoms with van der Waals surface area (Å²) in [6.45, 7) is 3.71. The Morgan fingerprint density at radius 3 is 2.40 bits per heavy atom. The van der Waals surface area contributed by atoms with Gasteiger partial charge in [0.2, 0.25) is 0 Å². The molecular formula is C14H13ClN4O. The van der Waals surface area contributed by atoms with Gasteiger partial charge in [-0.1, -0.05) is 11.6 Å². The first-order valence-corrected chi connectivity index (χ1v) is 6.51. The van der Waals surface area contributed by atoms with Gasteiger partial charge in [-0.25, -0.2) is 15.0 Å². The Balaban J connectivity index is 2.26. The van der Waals surface area contributed by atoms with Gasteiger partial charge in [-0.15, -0.1) is 0 Å². The minimum absolute atomic E-state index is 0.406. The molecule has 0 radical (unpaired) electrons. The zero-order chi connectivity index (χ0) is 14.3. The van der Waals surface area contributed by atoms with Crippen LogP contribution >= 0.6 is 11.6 Å². The summed E-state index contributed by atoms with van der Waals surface area (Å²) in [5, 5.41) is 0.406. The van der Waals surface area contributed by atoms with Gasteiger partial charge < -0.3 is 4.74 Å². The Kier molecular flexibility index (Phi) is 3.06. The molecule has 0 saturated heterocycles. The lowest BCUT2D eigenvalue weighted by Gasteiger charge is -2.08. The van der Waals surface area contributed by atoms with E-state index in [0.29, 0.717) is 16.6 Å². The van der Waals surface area contributed by atoms with E-state index in [-0.39, 0.29) is 0 Å². The van der Waals surface area contributed by atoms with E-state index in [0.717, 1.165) is 22.8 Å². The largest absolute Gasteiger partial charge is 0.497 e. The first kappa shape index (κ1) is 12.9. The lowest BCUT2D eigenvalue weighted by Crippen LogP contribution is -1.99. The highest BCUT2D eigenvalue weighted by molar-refractivity contribution is 6.33. The van der Waals surface area contributed by atoms with E-state index in [1.165, 1.54) is 0 Å². The Bertz CT molecular complexity index is 780. The van der Waals surface area contributed by atoms with E-state index in [1.807, 2.05) is 35.8 Å². The van der Waals surface area contributed by atoms with Crippen molar-refractivity contribution in [3.05, 3.63) is 41.1 Å². The third kappa shape index (κ3) is 2.00. The second-order valence-electron chi connectivity index (χ2n) is 4.43. The first-order chi connectivity index (χ1) is 9.60. The maximum absolute atomic E-state index is 6.25.